The summed E-state index contributed by atoms with van der Waals surface area (Å²) in [7, 11) is 0. The molecule has 0 bridgehead atoms. The van der Waals surface area contributed by atoms with Gasteiger partial charge in [-0.05, 0) is 46.4 Å². The standard InChI is InChI=1S/C15H10INO/c16-14-7-2-1-6-13(14)15(18)9-11-4-3-5-12(8-11)10-17/h1-8H,9H2. The van der Waals surface area contributed by atoms with E-state index < -0.39 is 0 Å². The summed E-state index contributed by atoms with van der Waals surface area (Å²) in [6.45, 7) is 0. The molecule has 0 amide bonds. The predicted octanol–water partition coefficient (Wildman–Crippen LogP) is 3.59. The highest BCUT2D eigenvalue weighted by Crippen LogP contribution is 2.15. The van der Waals surface area contributed by atoms with E-state index >= 15 is 0 Å². The van der Waals surface area contributed by atoms with E-state index in [1.54, 1.807) is 18.2 Å². The van der Waals surface area contributed by atoms with Crippen LogP contribution in [0.5, 0.6) is 0 Å². The second-order valence-electron chi connectivity index (χ2n) is 3.89. The molecular formula is C15H10INO. The fourth-order valence-electron chi connectivity index (χ4n) is 1.72. The van der Waals surface area contributed by atoms with Gasteiger partial charge >= 0.3 is 0 Å². The number of Topliss-reactive ketones (excluding diaryl/α,β-unsaturated/α-hetero) is 1. The highest BCUT2D eigenvalue weighted by Gasteiger charge is 2.10. The molecule has 0 N–H and O–H groups in total. The van der Waals surface area contributed by atoms with Gasteiger partial charge in [0.25, 0.3) is 0 Å². The Hall–Kier alpha value is -1.67. The van der Waals surface area contributed by atoms with Gasteiger partial charge in [-0.2, -0.15) is 5.26 Å². The van der Waals surface area contributed by atoms with Crippen LogP contribution in [0, 0.1) is 14.9 Å². The van der Waals surface area contributed by atoms with E-state index in [-0.39, 0.29) is 5.78 Å². The number of hydrogen-bond acceptors (Lipinski definition) is 2. The summed E-state index contributed by atoms with van der Waals surface area (Å²) in [5.74, 6) is 0.0788. The minimum atomic E-state index is 0.0788. The van der Waals surface area contributed by atoms with Gasteiger partial charge in [-0.1, -0.05) is 30.3 Å². The third-order valence-corrected chi connectivity index (χ3v) is 3.54. The molecule has 0 spiro atoms. The molecule has 0 radical (unpaired) electrons. The number of hydrogen-bond donors (Lipinski definition) is 0. The lowest BCUT2D eigenvalue weighted by Gasteiger charge is -2.04. The number of benzene rings is 2. The molecule has 0 aliphatic rings. The molecule has 0 saturated carbocycles. The van der Waals surface area contributed by atoms with Gasteiger partial charge in [-0.3, -0.25) is 4.79 Å². The Morgan fingerprint density at radius 3 is 2.67 bits per heavy atom. The highest BCUT2D eigenvalue weighted by atomic mass is 127. The van der Waals surface area contributed by atoms with Crippen LogP contribution in [0.3, 0.4) is 0 Å². The second kappa shape index (κ2) is 5.78. The van der Waals surface area contributed by atoms with E-state index in [2.05, 4.69) is 28.7 Å². The first-order valence-electron chi connectivity index (χ1n) is 5.47. The first-order chi connectivity index (χ1) is 8.70. The quantitative estimate of drug-likeness (QED) is 0.629. The summed E-state index contributed by atoms with van der Waals surface area (Å²) in [6.07, 6.45) is 0.329. The van der Waals surface area contributed by atoms with Crippen LogP contribution < -0.4 is 0 Å². The van der Waals surface area contributed by atoms with Crippen molar-refractivity contribution in [2.75, 3.05) is 0 Å². The second-order valence-corrected chi connectivity index (χ2v) is 5.05. The molecule has 18 heavy (non-hydrogen) atoms. The number of halogens is 1. The van der Waals surface area contributed by atoms with E-state index in [1.807, 2.05) is 30.3 Å². The van der Waals surface area contributed by atoms with Crippen LogP contribution in [0.15, 0.2) is 48.5 Å². The highest BCUT2D eigenvalue weighted by molar-refractivity contribution is 14.1. The van der Waals surface area contributed by atoms with Crippen LogP contribution in [0.2, 0.25) is 0 Å². The molecule has 0 aliphatic heterocycles. The smallest absolute Gasteiger partial charge is 0.168 e. The summed E-state index contributed by atoms with van der Waals surface area (Å²) >= 11 is 2.16. The molecule has 0 saturated heterocycles. The third kappa shape index (κ3) is 2.96. The fraction of sp³-hybridized carbons (Fsp3) is 0.0667. The average Bonchev–Trinajstić information content (AvgIpc) is 2.39. The molecule has 0 aromatic heterocycles. The van der Waals surface area contributed by atoms with Crippen molar-refractivity contribution in [1.29, 1.82) is 5.26 Å². The van der Waals surface area contributed by atoms with Gasteiger partial charge in [-0.25, -0.2) is 0 Å². The lowest BCUT2D eigenvalue weighted by molar-refractivity contribution is 0.0992. The largest absolute Gasteiger partial charge is 0.294 e. The fourth-order valence-corrected chi connectivity index (χ4v) is 2.41. The summed E-state index contributed by atoms with van der Waals surface area (Å²) < 4.78 is 0.955. The van der Waals surface area contributed by atoms with Crippen molar-refractivity contribution in [2.45, 2.75) is 6.42 Å². The maximum absolute atomic E-state index is 12.1. The zero-order valence-corrected chi connectivity index (χ0v) is 11.7. The zero-order chi connectivity index (χ0) is 13.0. The molecule has 2 aromatic rings. The van der Waals surface area contributed by atoms with Crippen molar-refractivity contribution in [3.63, 3.8) is 0 Å². The van der Waals surface area contributed by atoms with Crippen LogP contribution in [0.1, 0.15) is 21.5 Å². The number of rotatable bonds is 3. The van der Waals surface area contributed by atoms with Crippen molar-refractivity contribution in [2.24, 2.45) is 0 Å². The van der Waals surface area contributed by atoms with Crippen LogP contribution in [0.4, 0.5) is 0 Å². The topological polar surface area (TPSA) is 40.9 Å². The summed E-state index contributed by atoms with van der Waals surface area (Å²) in [6, 6.07) is 16.8. The van der Waals surface area contributed by atoms with E-state index in [0.29, 0.717) is 12.0 Å². The number of nitriles is 1. The molecule has 88 valence electrons. The molecule has 2 rings (SSSR count). The van der Waals surface area contributed by atoms with Crippen LogP contribution >= 0.6 is 22.6 Å². The van der Waals surface area contributed by atoms with Crippen LogP contribution in [-0.4, -0.2) is 5.78 Å². The third-order valence-electron chi connectivity index (χ3n) is 2.60. The van der Waals surface area contributed by atoms with Gasteiger partial charge in [0.15, 0.2) is 5.78 Å². The van der Waals surface area contributed by atoms with E-state index in [4.69, 9.17) is 5.26 Å². The number of ketones is 1. The molecule has 0 fully saturated rings. The SMILES string of the molecule is N#Cc1cccc(CC(=O)c2ccccc2I)c1. The van der Waals surface area contributed by atoms with Gasteiger partial charge < -0.3 is 0 Å². The number of nitrogens with zero attached hydrogens (tertiary/aromatic N) is 1. The molecular weight excluding hydrogens is 337 g/mol. The minimum Gasteiger partial charge on any atom is -0.294 e. The normalized spacial score (nSPS) is 9.78. The molecule has 0 aliphatic carbocycles. The zero-order valence-electron chi connectivity index (χ0n) is 9.56. The Morgan fingerprint density at radius 1 is 1.17 bits per heavy atom. The Bertz CT molecular complexity index is 628. The molecule has 2 nitrogen and oxygen atoms in total. The molecule has 0 unspecified atom stereocenters. The lowest BCUT2D eigenvalue weighted by Crippen LogP contribution is -2.05. The van der Waals surface area contributed by atoms with Crippen molar-refractivity contribution < 1.29 is 4.79 Å². The summed E-state index contributed by atoms with van der Waals surface area (Å²) in [5.41, 5.74) is 2.20. The van der Waals surface area contributed by atoms with Crippen LogP contribution in [-0.2, 0) is 6.42 Å². The monoisotopic (exact) mass is 347 g/mol. The first-order valence-corrected chi connectivity index (χ1v) is 6.55. The van der Waals surface area contributed by atoms with Gasteiger partial charge in [0.05, 0.1) is 11.6 Å². The molecule has 2 aromatic carbocycles. The van der Waals surface area contributed by atoms with Gasteiger partial charge in [0.1, 0.15) is 0 Å². The van der Waals surface area contributed by atoms with Gasteiger partial charge in [0, 0.05) is 15.6 Å². The molecule has 3 heteroatoms. The maximum Gasteiger partial charge on any atom is 0.168 e. The Labute approximate surface area is 119 Å². The van der Waals surface area contributed by atoms with Crippen LogP contribution in [0.25, 0.3) is 0 Å². The van der Waals surface area contributed by atoms with Gasteiger partial charge in [0.2, 0.25) is 0 Å². The Kier molecular flexibility index (Phi) is 4.11. The average molecular weight is 347 g/mol. The van der Waals surface area contributed by atoms with Gasteiger partial charge in [-0.15, -0.1) is 0 Å². The lowest BCUT2D eigenvalue weighted by atomic mass is 10.0. The summed E-state index contributed by atoms with van der Waals surface area (Å²) in [5, 5.41) is 8.82. The number of carbonyl (C=O) groups is 1. The van der Waals surface area contributed by atoms with Crippen molar-refractivity contribution in [1.82, 2.24) is 0 Å². The molecule has 0 atom stereocenters. The van der Waals surface area contributed by atoms with Crippen molar-refractivity contribution in [3.8, 4) is 6.07 Å². The van der Waals surface area contributed by atoms with Crippen molar-refractivity contribution >= 4 is 28.4 Å². The predicted molar refractivity (Wildman–Crippen MR) is 78.4 cm³/mol. The van der Waals surface area contributed by atoms with E-state index in [1.165, 1.54) is 0 Å². The van der Waals surface area contributed by atoms with E-state index in [0.717, 1.165) is 14.7 Å². The van der Waals surface area contributed by atoms with E-state index in [9.17, 15) is 4.79 Å². The molecule has 0 heterocycles. The Balaban J connectivity index is 2.22. The number of carbonyl (C=O) groups excluding carboxylic acids is 1. The minimum absolute atomic E-state index is 0.0788. The summed E-state index contributed by atoms with van der Waals surface area (Å²) in [4.78, 5) is 12.1. The van der Waals surface area contributed by atoms with Crippen molar-refractivity contribution in [3.05, 3.63) is 68.8 Å². The Morgan fingerprint density at radius 2 is 1.94 bits per heavy atom. The first kappa shape index (κ1) is 12.8. The maximum atomic E-state index is 12.1.